The van der Waals surface area contributed by atoms with Gasteiger partial charge in [-0.25, -0.2) is 0 Å². The zero-order valence-electron chi connectivity index (χ0n) is 23.4. The summed E-state index contributed by atoms with van der Waals surface area (Å²) in [6.07, 6.45) is -5.69. The molecule has 3 aromatic rings. The van der Waals surface area contributed by atoms with Crippen LogP contribution in [0, 0.1) is 0 Å². The Balaban J connectivity index is 1.80. The smallest absolute Gasteiger partial charge is 0.303 e. The molecule has 1 saturated heterocycles. The van der Waals surface area contributed by atoms with Crippen molar-refractivity contribution in [3.8, 4) is 0 Å². The number of hydrogen-bond donors (Lipinski definition) is 0. The minimum atomic E-state index is -1.22. The van der Waals surface area contributed by atoms with Crippen LogP contribution in [0.5, 0.6) is 0 Å². The Morgan fingerprint density at radius 3 is 1.41 bits per heavy atom. The van der Waals surface area contributed by atoms with E-state index < -0.39 is 54.2 Å². The van der Waals surface area contributed by atoms with E-state index in [1.54, 1.807) is 0 Å². The van der Waals surface area contributed by atoms with Gasteiger partial charge < -0.3 is 28.4 Å². The Morgan fingerprint density at radius 1 is 0.634 bits per heavy atom. The summed E-state index contributed by atoms with van der Waals surface area (Å²) < 4.78 is 35.2. The maximum absolute atomic E-state index is 12.2. The van der Waals surface area contributed by atoms with E-state index in [4.69, 9.17) is 28.4 Å². The van der Waals surface area contributed by atoms with Crippen LogP contribution in [0.1, 0.15) is 37.5 Å². The molecule has 0 unspecified atom stereocenters. The minimum Gasteiger partial charge on any atom is -0.456 e. The van der Waals surface area contributed by atoms with Gasteiger partial charge in [0, 0.05) is 27.9 Å². The first-order valence-corrected chi connectivity index (χ1v) is 13.3. The average Bonchev–Trinajstić information content (AvgIpc) is 2.97. The highest BCUT2D eigenvalue weighted by molar-refractivity contribution is 5.68. The topological polar surface area (TPSA) is 107 Å². The summed E-state index contributed by atoms with van der Waals surface area (Å²) in [6.45, 7) is 3.53. The Morgan fingerprint density at radius 2 is 1.02 bits per heavy atom. The predicted molar refractivity (Wildman–Crippen MR) is 147 cm³/mol. The van der Waals surface area contributed by atoms with E-state index in [1.165, 1.54) is 27.9 Å². The van der Waals surface area contributed by atoms with Crippen molar-refractivity contribution in [2.45, 2.75) is 57.1 Å². The van der Waals surface area contributed by atoms with Crippen LogP contribution in [0.4, 0.5) is 0 Å². The van der Waals surface area contributed by atoms with Crippen LogP contribution in [0.25, 0.3) is 0 Å². The van der Waals surface area contributed by atoms with E-state index in [0.29, 0.717) is 0 Å². The summed E-state index contributed by atoms with van der Waals surface area (Å²) >= 11 is 0. The molecule has 5 atom stereocenters. The van der Waals surface area contributed by atoms with Crippen LogP contribution >= 0.6 is 0 Å². The van der Waals surface area contributed by atoms with Crippen molar-refractivity contribution >= 4 is 17.9 Å². The van der Waals surface area contributed by atoms with Crippen molar-refractivity contribution in [1.82, 2.24) is 0 Å². The number of carbonyl (C=O) groups is 3. The lowest BCUT2D eigenvalue weighted by molar-refractivity contribution is -0.306. The highest BCUT2D eigenvalue weighted by Crippen LogP contribution is 2.41. The molecule has 0 radical (unpaired) electrons. The molecule has 1 heterocycles. The van der Waals surface area contributed by atoms with Gasteiger partial charge in [-0.3, -0.25) is 14.4 Å². The van der Waals surface area contributed by atoms with Gasteiger partial charge >= 0.3 is 17.9 Å². The number of esters is 3. The molecular weight excluding hydrogens is 528 g/mol. The van der Waals surface area contributed by atoms with Crippen LogP contribution in [0.15, 0.2) is 91.0 Å². The van der Waals surface area contributed by atoms with Crippen molar-refractivity contribution in [3.05, 3.63) is 108 Å². The first-order valence-electron chi connectivity index (χ1n) is 13.3. The molecule has 0 saturated carbocycles. The fourth-order valence-electron chi connectivity index (χ4n) is 5.15. The van der Waals surface area contributed by atoms with Gasteiger partial charge in [-0.1, -0.05) is 91.0 Å². The van der Waals surface area contributed by atoms with Gasteiger partial charge in [0.05, 0.1) is 6.61 Å². The van der Waals surface area contributed by atoms with Crippen LogP contribution in [-0.2, 0) is 48.4 Å². The fourth-order valence-corrected chi connectivity index (χ4v) is 5.15. The zero-order valence-corrected chi connectivity index (χ0v) is 23.4. The van der Waals surface area contributed by atoms with E-state index >= 15 is 0 Å². The highest BCUT2D eigenvalue weighted by atomic mass is 16.7. The molecule has 0 aromatic heterocycles. The van der Waals surface area contributed by atoms with E-state index in [-0.39, 0.29) is 6.61 Å². The van der Waals surface area contributed by atoms with Gasteiger partial charge in [0.2, 0.25) is 0 Å². The summed E-state index contributed by atoms with van der Waals surface area (Å²) in [7, 11) is 1.37. The molecule has 9 heteroatoms. The standard InChI is InChI=1S/C32H34O9/c1-21(33)38-28-27(41-31(36-4)30(40-23(3)35)29(28)39-22(2)34)20-37-32(24-14-8-5-9-15-24,25-16-10-6-11-17-25)26-18-12-7-13-19-26/h5-19,27-31H,20H2,1-4H3/t27-,28+,29-,30-,31-/m1/s1. The first-order chi connectivity index (χ1) is 19.8. The fraction of sp³-hybridized carbons (Fsp3) is 0.344. The van der Waals surface area contributed by atoms with Crippen molar-refractivity contribution in [1.29, 1.82) is 0 Å². The first kappa shape index (κ1) is 29.9. The molecule has 1 fully saturated rings. The lowest BCUT2D eigenvalue weighted by atomic mass is 9.80. The largest absolute Gasteiger partial charge is 0.456 e. The molecule has 0 aliphatic carbocycles. The number of ether oxygens (including phenoxy) is 6. The minimum absolute atomic E-state index is 0.124. The summed E-state index contributed by atoms with van der Waals surface area (Å²) in [5, 5.41) is 0. The van der Waals surface area contributed by atoms with Crippen LogP contribution in [0.2, 0.25) is 0 Å². The van der Waals surface area contributed by atoms with Crippen molar-refractivity contribution in [2.24, 2.45) is 0 Å². The molecule has 3 aromatic carbocycles. The maximum atomic E-state index is 12.2. The number of hydrogen-bond acceptors (Lipinski definition) is 9. The van der Waals surface area contributed by atoms with Gasteiger partial charge in [0.1, 0.15) is 11.7 Å². The molecule has 4 rings (SSSR count). The maximum Gasteiger partial charge on any atom is 0.303 e. The van der Waals surface area contributed by atoms with Gasteiger partial charge in [0.25, 0.3) is 0 Å². The number of benzene rings is 3. The second kappa shape index (κ2) is 13.5. The molecule has 0 spiro atoms. The number of methoxy groups -OCH3 is 1. The van der Waals surface area contributed by atoms with Crippen molar-refractivity contribution in [3.63, 3.8) is 0 Å². The molecule has 0 amide bonds. The Labute approximate surface area is 239 Å². The molecule has 41 heavy (non-hydrogen) atoms. The lowest BCUT2D eigenvalue weighted by Gasteiger charge is -2.45. The van der Waals surface area contributed by atoms with E-state index in [2.05, 4.69) is 0 Å². The summed E-state index contributed by atoms with van der Waals surface area (Å²) in [6, 6.07) is 29.2. The zero-order chi connectivity index (χ0) is 29.4. The van der Waals surface area contributed by atoms with Crippen molar-refractivity contribution in [2.75, 3.05) is 13.7 Å². The molecule has 1 aliphatic rings. The predicted octanol–water partition coefficient (Wildman–Crippen LogP) is 4.16. The van der Waals surface area contributed by atoms with Gasteiger partial charge in [-0.2, -0.15) is 0 Å². The van der Waals surface area contributed by atoms with Crippen molar-refractivity contribution < 1.29 is 42.8 Å². The number of carbonyl (C=O) groups excluding carboxylic acids is 3. The van der Waals surface area contributed by atoms with Crippen LogP contribution < -0.4 is 0 Å². The molecule has 0 N–H and O–H groups in total. The lowest BCUT2D eigenvalue weighted by Crippen LogP contribution is -2.63. The normalized spacial score (nSPS) is 22.4. The second-order valence-electron chi connectivity index (χ2n) is 9.59. The van der Waals surface area contributed by atoms with Gasteiger partial charge in [-0.15, -0.1) is 0 Å². The molecular formula is C32H34O9. The quantitative estimate of drug-likeness (QED) is 0.205. The van der Waals surface area contributed by atoms with E-state index in [0.717, 1.165) is 16.7 Å². The molecule has 9 nitrogen and oxygen atoms in total. The average molecular weight is 563 g/mol. The van der Waals surface area contributed by atoms with E-state index in [1.807, 2.05) is 91.0 Å². The third-order valence-electron chi connectivity index (χ3n) is 6.73. The Kier molecular flexibility index (Phi) is 9.88. The van der Waals surface area contributed by atoms with E-state index in [9.17, 15) is 14.4 Å². The highest BCUT2D eigenvalue weighted by Gasteiger charge is 2.53. The molecule has 216 valence electrons. The SMILES string of the molecule is CO[C@@H]1O[C@H](COC(c2ccccc2)(c2ccccc2)c2ccccc2)[C@H](OC(C)=O)[C@@H](OC(C)=O)[C@H]1OC(C)=O. The summed E-state index contributed by atoms with van der Waals surface area (Å²) in [4.78, 5) is 36.3. The second-order valence-corrected chi connectivity index (χ2v) is 9.59. The van der Waals surface area contributed by atoms with Crippen LogP contribution in [-0.4, -0.2) is 62.3 Å². The third kappa shape index (κ3) is 6.82. The molecule has 0 bridgehead atoms. The Hall–Kier alpha value is -4.05. The van der Waals surface area contributed by atoms with Gasteiger partial charge in [-0.05, 0) is 16.7 Å². The summed E-state index contributed by atoms with van der Waals surface area (Å²) in [5.74, 6) is -1.95. The van der Waals surface area contributed by atoms with Gasteiger partial charge in [0.15, 0.2) is 24.6 Å². The van der Waals surface area contributed by atoms with Crippen LogP contribution in [0.3, 0.4) is 0 Å². The molecule has 1 aliphatic heterocycles. The monoisotopic (exact) mass is 562 g/mol. The number of rotatable bonds is 10. The summed E-state index contributed by atoms with van der Waals surface area (Å²) in [5.41, 5.74) is 1.47. The third-order valence-corrected chi connectivity index (χ3v) is 6.73. The Bertz CT molecular complexity index is 1200.